The Morgan fingerprint density at radius 3 is 2.55 bits per heavy atom. The maximum Gasteiger partial charge on any atom is 0.416 e. The van der Waals surface area contributed by atoms with Gasteiger partial charge in [0.25, 0.3) is 11.1 Å². The van der Waals surface area contributed by atoms with E-state index in [2.05, 4.69) is 35.5 Å². The van der Waals surface area contributed by atoms with Crippen LogP contribution in [-0.4, -0.2) is 64.8 Å². The average Bonchev–Trinajstić information content (AvgIpc) is 3.28. The summed E-state index contributed by atoms with van der Waals surface area (Å²) < 4.78 is 41.0. The average molecular weight is 599 g/mol. The fourth-order valence-corrected chi connectivity index (χ4v) is 5.35. The van der Waals surface area contributed by atoms with Gasteiger partial charge in [0, 0.05) is 51.7 Å². The van der Waals surface area contributed by atoms with E-state index < -0.39 is 22.9 Å². The van der Waals surface area contributed by atoms with Crippen LogP contribution < -0.4 is 20.4 Å². The number of carbonyl (C=O) groups excluding carboxylic acids is 2. The van der Waals surface area contributed by atoms with Gasteiger partial charge in [-0.15, -0.1) is 0 Å². The highest BCUT2D eigenvalue weighted by molar-refractivity contribution is 8.18. The first-order chi connectivity index (χ1) is 20.0. The van der Waals surface area contributed by atoms with Crippen molar-refractivity contribution in [1.82, 2.24) is 30.6 Å². The fraction of sp³-hybridized carbons (Fsp3) is 0.357. The number of nitrogens with one attached hydrogen (secondary N) is 2. The second-order valence-corrected chi connectivity index (χ2v) is 11.2. The summed E-state index contributed by atoms with van der Waals surface area (Å²) in [6.45, 7) is 2.26. The van der Waals surface area contributed by atoms with Crippen LogP contribution in [0.2, 0.25) is 0 Å². The number of nitrogens with zero attached hydrogens (tertiary/aromatic N) is 6. The number of alkyl halides is 3. The van der Waals surface area contributed by atoms with Crippen LogP contribution >= 0.6 is 11.8 Å². The number of anilines is 2. The van der Waals surface area contributed by atoms with Gasteiger partial charge in [-0.05, 0) is 73.5 Å². The molecule has 3 aromatic rings. The highest BCUT2D eigenvalue weighted by Crippen LogP contribution is 2.32. The van der Waals surface area contributed by atoms with Crippen molar-refractivity contribution in [3.63, 3.8) is 0 Å². The van der Waals surface area contributed by atoms with Gasteiger partial charge in [-0.3, -0.25) is 19.9 Å². The minimum Gasteiger partial charge on any atom is -0.363 e. The number of rotatable bonds is 8. The molecule has 0 spiro atoms. The van der Waals surface area contributed by atoms with Crippen LogP contribution in [0.3, 0.4) is 0 Å². The predicted octanol–water partition coefficient (Wildman–Crippen LogP) is 4.35. The Balaban J connectivity index is 1.18. The molecule has 14 heteroatoms. The number of thioether (sulfide) groups is 1. The molecule has 42 heavy (non-hydrogen) atoms. The quantitative estimate of drug-likeness (QED) is 0.363. The molecule has 3 aromatic heterocycles. The van der Waals surface area contributed by atoms with Gasteiger partial charge in [0.05, 0.1) is 27.6 Å². The smallest absolute Gasteiger partial charge is 0.363 e. The zero-order chi connectivity index (χ0) is 29.9. The molecule has 0 atom stereocenters. The van der Waals surface area contributed by atoms with E-state index >= 15 is 0 Å². The fourth-order valence-electron chi connectivity index (χ4n) is 4.68. The number of pyridine rings is 2. The van der Waals surface area contributed by atoms with Crippen LogP contribution in [0.4, 0.5) is 29.7 Å². The third-order valence-corrected chi connectivity index (χ3v) is 7.74. The lowest BCUT2D eigenvalue weighted by atomic mass is 9.97. The molecule has 0 bridgehead atoms. The second kappa shape index (κ2) is 12.4. The van der Waals surface area contributed by atoms with Gasteiger partial charge < -0.3 is 15.1 Å². The van der Waals surface area contributed by atoms with E-state index in [1.54, 1.807) is 30.5 Å². The first-order valence-corrected chi connectivity index (χ1v) is 14.1. The molecule has 2 aliphatic heterocycles. The summed E-state index contributed by atoms with van der Waals surface area (Å²) >= 11 is 0.835. The van der Waals surface area contributed by atoms with E-state index in [4.69, 9.17) is 0 Å². The standard InChI is InChI=1S/C28H29F3N8O2S/c1-38(2)24-4-3-18(15-34-24)22-12-19(28(29,30)31)11-21(35-22)16-32-14-17-6-9-39(10-7-17)26-33-8-5-20(36-26)13-23-25(40)37-27(41)42-23/h3-5,8,11-13,15,17,32H,6-7,9-10,14,16H2,1-2H3,(H,37,40,41). The SMILES string of the molecule is CN(C)c1ccc(-c2cc(C(F)(F)F)cc(CNCC3CCN(c4nccc(C=C5SC(=O)NC5=O)n4)CC3)n2)cn1. The molecule has 0 aromatic carbocycles. The van der Waals surface area contributed by atoms with E-state index in [0.29, 0.717) is 54.3 Å². The maximum absolute atomic E-state index is 13.7. The normalized spacial score (nSPS) is 17.2. The van der Waals surface area contributed by atoms with E-state index in [1.807, 2.05) is 19.0 Å². The van der Waals surface area contributed by atoms with Gasteiger partial charge in [-0.1, -0.05) is 0 Å². The van der Waals surface area contributed by atoms with Gasteiger partial charge in [-0.2, -0.15) is 13.2 Å². The summed E-state index contributed by atoms with van der Waals surface area (Å²) in [7, 11) is 3.68. The molecule has 2 aliphatic rings. The monoisotopic (exact) mass is 598 g/mol. The van der Waals surface area contributed by atoms with Crippen molar-refractivity contribution in [2.75, 3.05) is 43.5 Å². The zero-order valence-corrected chi connectivity index (χ0v) is 23.8. The Hall–Kier alpha value is -4.04. The van der Waals surface area contributed by atoms with Crippen LogP contribution in [0.1, 0.15) is 29.8 Å². The van der Waals surface area contributed by atoms with Crippen molar-refractivity contribution in [2.45, 2.75) is 25.6 Å². The van der Waals surface area contributed by atoms with Crippen molar-refractivity contribution in [1.29, 1.82) is 0 Å². The van der Waals surface area contributed by atoms with Gasteiger partial charge in [-0.25, -0.2) is 15.0 Å². The Kier molecular flexibility index (Phi) is 8.73. The number of hydrogen-bond donors (Lipinski definition) is 2. The molecule has 0 aliphatic carbocycles. The number of hydrogen-bond acceptors (Lipinski definition) is 10. The van der Waals surface area contributed by atoms with Crippen molar-refractivity contribution in [3.05, 3.63) is 64.6 Å². The topological polar surface area (TPSA) is 116 Å². The highest BCUT2D eigenvalue weighted by atomic mass is 32.2. The van der Waals surface area contributed by atoms with E-state index in [-0.39, 0.29) is 17.1 Å². The minimum absolute atomic E-state index is 0.203. The summed E-state index contributed by atoms with van der Waals surface area (Å²) in [5.41, 5.74) is 0.842. The molecule has 0 unspecified atom stereocenters. The molecule has 2 N–H and O–H groups in total. The van der Waals surface area contributed by atoms with Crippen molar-refractivity contribution in [3.8, 4) is 11.3 Å². The summed E-state index contributed by atoms with van der Waals surface area (Å²) in [5.74, 6) is 1.12. The van der Waals surface area contributed by atoms with Crippen molar-refractivity contribution in [2.24, 2.45) is 5.92 Å². The van der Waals surface area contributed by atoms with Crippen molar-refractivity contribution < 1.29 is 22.8 Å². The molecule has 5 rings (SSSR count). The van der Waals surface area contributed by atoms with E-state index in [1.165, 1.54) is 6.20 Å². The molecule has 2 amide bonds. The van der Waals surface area contributed by atoms with Crippen LogP contribution in [0.5, 0.6) is 0 Å². The van der Waals surface area contributed by atoms with Gasteiger partial charge in [0.1, 0.15) is 5.82 Å². The lowest BCUT2D eigenvalue weighted by Gasteiger charge is -2.32. The lowest BCUT2D eigenvalue weighted by molar-refractivity contribution is -0.137. The predicted molar refractivity (Wildman–Crippen MR) is 155 cm³/mol. The van der Waals surface area contributed by atoms with Crippen molar-refractivity contribution >= 4 is 40.8 Å². The zero-order valence-electron chi connectivity index (χ0n) is 23.0. The number of amides is 2. The molecule has 0 saturated carbocycles. The Bertz CT molecular complexity index is 1490. The number of carbonyl (C=O) groups is 2. The molecule has 5 heterocycles. The van der Waals surface area contributed by atoms with Crippen LogP contribution in [0, 0.1) is 5.92 Å². The molecule has 0 radical (unpaired) electrons. The minimum atomic E-state index is -4.49. The second-order valence-electron chi connectivity index (χ2n) is 10.2. The first kappa shape index (κ1) is 29.5. The van der Waals surface area contributed by atoms with E-state index in [9.17, 15) is 22.8 Å². The van der Waals surface area contributed by atoms with Crippen LogP contribution in [-0.2, 0) is 17.5 Å². The van der Waals surface area contributed by atoms with Gasteiger partial charge in [0.15, 0.2) is 0 Å². The lowest BCUT2D eigenvalue weighted by Crippen LogP contribution is -2.38. The Morgan fingerprint density at radius 2 is 1.90 bits per heavy atom. The van der Waals surface area contributed by atoms with Gasteiger partial charge in [0.2, 0.25) is 5.95 Å². The van der Waals surface area contributed by atoms with Crippen LogP contribution in [0.25, 0.3) is 17.3 Å². The highest BCUT2D eigenvalue weighted by Gasteiger charge is 2.32. The molecule has 220 valence electrons. The summed E-state index contributed by atoms with van der Waals surface area (Å²) in [5, 5.41) is 5.10. The molecular weight excluding hydrogens is 569 g/mol. The number of halogens is 3. The van der Waals surface area contributed by atoms with Crippen LogP contribution in [0.15, 0.2) is 47.6 Å². The third kappa shape index (κ3) is 7.23. The Morgan fingerprint density at radius 1 is 1.12 bits per heavy atom. The number of piperidine rings is 1. The molecule has 2 fully saturated rings. The number of imide groups is 1. The first-order valence-electron chi connectivity index (χ1n) is 13.3. The molecule has 10 nitrogen and oxygen atoms in total. The van der Waals surface area contributed by atoms with E-state index in [0.717, 1.165) is 36.7 Å². The Labute approximate surface area is 244 Å². The summed E-state index contributed by atoms with van der Waals surface area (Å²) in [6, 6.07) is 7.28. The molecular formula is C28H29F3N8O2S. The largest absolute Gasteiger partial charge is 0.416 e. The summed E-state index contributed by atoms with van der Waals surface area (Å²) in [6.07, 6.45) is 1.91. The van der Waals surface area contributed by atoms with Gasteiger partial charge >= 0.3 is 6.18 Å². The third-order valence-electron chi connectivity index (χ3n) is 6.93. The number of aromatic nitrogens is 4. The maximum atomic E-state index is 13.7. The summed E-state index contributed by atoms with van der Waals surface area (Å²) in [4.78, 5) is 45.1. The molecule has 2 saturated heterocycles.